The third kappa shape index (κ3) is 2.41. The number of carbonyl (C=O) groups is 1. The van der Waals surface area contributed by atoms with Crippen molar-refractivity contribution in [3.63, 3.8) is 0 Å². The number of nitrogens with two attached hydrogens (primary N) is 1. The molecule has 1 atom stereocenters. The van der Waals surface area contributed by atoms with E-state index >= 15 is 0 Å². The molecule has 0 radical (unpaired) electrons. The van der Waals surface area contributed by atoms with Crippen molar-refractivity contribution in [2.24, 2.45) is 5.73 Å². The predicted molar refractivity (Wildman–Crippen MR) is 65.7 cm³/mol. The number of benzene rings is 1. The second kappa shape index (κ2) is 5.27. The summed E-state index contributed by atoms with van der Waals surface area (Å²) in [6, 6.07) is 2.80. The molecule has 0 fully saturated rings. The lowest BCUT2D eigenvalue weighted by atomic mass is 10.0. The zero-order valence-electron chi connectivity index (χ0n) is 10.6. The normalized spacial score (nSPS) is 15.1. The molecule has 2 N–H and O–H groups in total. The van der Waals surface area contributed by atoms with E-state index < -0.39 is 12.0 Å². The van der Waals surface area contributed by atoms with Crippen LogP contribution >= 0.6 is 0 Å². The van der Waals surface area contributed by atoms with Crippen molar-refractivity contribution in [3.05, 3.63) is 23.3 Å². The lowest BCUT2D eigenvalue weighted by molar-refractivity contribution is -0.144. The molecule has 0 bridgehead atoms. The fraction of sp³-hybridized carbons (Fsp3) is 0.462. The van der Waals surface area contributed by atoms with Gasteiger partial charge in [-0.3, -0.25) is 0 Å². The van der Waals surface area contributed by atoms with Gasteiger partial charge in [-0.05, 0) is 37.1 Å². The number of hydrogen-bond donors (Lipinski definition) is 1. The molecule has 2 rings (SSSR count). The molecule has 0 aliphatic carbocycles. The molecule has 1 heterocycles. The Morgan fingerprint density at radius 1 is 1.39 bits per heavy atom. The number of hydrogen-bond acceptors (Lipinski definition) is 5. The molecule has 0 saturated carbocycles. The lowest BCUT2D eigenvalue weighted by Gasteiger charge is -2.21. The van der Waals surface area contributed by atoms with E-state index in [4.69, 9.17) is 19.9 Å². The Labute approximate surface area is 106 Å². The topological polar surface area (TPSA) is 70.8 Å². The van der Waals surface area contributed by atoms with Crippen LogP contribution < -0.4 is 15.2 Å². The largest absolute Gasteiger partial charge is 0.486 e. The third-order valence-corrected chi connectivity index (χ3v) is 2.81. The van der Waals surface area contributed by atoms with E-state index in [9.17, 15) is 4.79 Å². The quantitative estimate of drug-likeness (QED) is 0.821. The highest BCUT2D eigenvalue weighted by Crippen LogP contribution is 2.34. The van der Waals surface area contributed by atoms with E-state index in [1.54, 1.807) is 13.0 Å². The summed E-state index contributed by atoms with van der Waals surface area (Å²) in [6.07, 6.45) is 0. The third-order valence-electron chi connectivity index (χ3n) is 2.81. The van der Waals surface area contributed by atoms with Crippen molar-refractivity contribution in [1.29, 1.82) is 0 Å². The molecule has 1 aromatic rings. The van der Waals surface area contributed by atoms with Crippen molar-refractivity contribution < 1.29 is 19.0 Å². The summed E-state index contributed by atoms with van der Waals surface area (Å²) in [6.45, 7) is 4.99. The van der Waals surface area contributed by atoms with Crippen LogP contribution in [0, 0.1) is 6.92 Å². The molecule has 5 heteroatoms. The van der Waals surface area contributed by atoms with Crippen LogP contribution in [0.2, 0.25) is 0 Å². The van der Waals surface area contributed by atoms with Gasteiger partial charge in [-0.15, -0.1) is 0 Å². The maximum absolute atomic E-state index is 11.6. The maximum atomic E-state index is 11.6. The minimum atomic E-state index is -0.791. The van der Waals surface area contributed by atoms with E-state index in [0.29, 0.717) is 36.9 Å². The fourth-order valence-corrected chi connectivity index (χ4v) is 1.90. The first kappa shape index (κ1) is 12.7. The summed E-state index contributed by atoms with van der Waals surface area (Å²) in [5.41, 5.74) is 7.48. The first-order valence-corrected chi connectivity index (χ1v) is 5.96. The van der Waals surface area contributed by atoms with Gasteiger partial charge in [0.2, 0.25) is 0 Å². The van der Waals surface area contributed by atoms with E-state index in [2.05, 4.69) is 0 Å². The number of esters is 1. The van der Waals surface area contributed by atoms with Gasteiger partial charge in [0.1, 0.15) is 19.3 Å². The molecule has 0 spiro atoms. The van der Waals surface area contributed by atoms with Crippen LogP contribution in [-0.4, -0.2) is 25.8 Å². The van der Waals surface area contributed by atoms with Crippen LogP contribution in [-0.2, 0) is 9.53 Å². The standard InChI is InChI=1S/C13H17NO4/c1-3-16-13(15)12(14)9-7-11-10(6-8(9)2)17-4-5-18-11/h6-7,12H,3-5,14H2,1-2H3. The smallest absolute Gasteiger partial charge is 0.327 e. The van der Waals surface area contributed by atoms with Crippen molar-refractivity contribution in [3.8, 4) is 11.5 Å². The molecule has 0 aromatic heterocycles. The lowest BCUT2D eigenvalue weighted by Crippen LogP contribution is -2.25. The van der Waals surface area contributed by atoms with Crippen molar-refractivity contribution in [1.82, 2.24) is 0 Å². The van der Waals surface area contributed by atoms with Crippen molar-refractivity contribution >= 4 is 5.97 Å². The van der Waals surface area contributed by atoms with Gasteiger partial charge in [-0.2, -0.15) is 0 Å². The van der Waals surface area contributed by atoms with Gasteiger partial charge in [0.05, 0.1) is 6.61 Å². The number of carbonyl (C=O) groups excluding carboxylic acids is 1. The summed E-state index contributed by atoms with van der Waals surface area (Å²) in [5.74, 6) is 0.887. The molecule has 1 unspecified atom stereocenters. The van der Waals surface area contributed by atoms with Crippen LogP contribution in [0.3, 0.4) is 0 Å². The Kier molecular flexibility index (Phi) is 3.72. The van der Waals surface area contributed by atoms with Crippen LogP contribution in [0.4, 0.5) is 0 Å². The molecule has 0 saturated heterocycles. The van der Waals surface area contributed by atoms with E-state index in [-0.39, 0.29) is 0 Å². The Bertz CT molecular complexity index is 459. The molecule has 1 aliphatic rings. The highest BCUT2D eigenvalue weighted by atomic mass is 16.6. The van der Waals surface area contributed by atoms with Crippen LogP contribution in [0.5, 0.6) is 11.5 Å². The van der Waals surface area contributed by atoms with Crippen LogP contribution in [0.1, 0.15) is 24.1 Å². The fourth-order valence-electron chi connectivity index (χ4n) is 1.90. The molecule has 5 nitrogen and oxygen atoms in total. The first-order valence-electron chi connectivity index (χ1n) is 5.96. The molecular formula is C13H17NO4. The maximum Gasteiger partial charge on any atom is 0.327 e. The minimum absolute atomic E-state index is 0.316. The predicted octanol–water partition coefficient (Wildman–Crippen LogP) is 1.33. The highest BCUT2D eigenvalue weighted by molar-refractivity contribution is 5.78. The van der Waals surface area contributed by atoms with Crippen molar-refractivity contribution in [2.45, 2.75) is 19.9 Å². The van der Waals surface area contributed by atoms with E-state index in [0.717, 1.165) is 5.56 Å². The summed E-state index contributed by atoms with van der Waals surface area (Å²) in [7, 11) is 0. The zero-order chi connectivity index (χ0) is 13.1. The second-order valence-corrected chi connectivity index (χ2v) is 4.08. The number of rotatable bonds is 3. The van der Waals surface area contributed by atoms with Gasteiger partial charge in [-0.25, -0.2) is 4.79 Å². The van der Waals surface area contributed by atoms with Gasteiger partial charge in [0.15, 0.2) is 11.5 Å². The molecular weight excluding hydrogens is 234 g/mol. The molecule has 98 valence electrons. The summed E-state index contributed by atoms with van der Waals surface area (Å²) >= 11 is 0. The Hall–Kier alpha value is -1.75. The van der Waals surface area contributed by atoms with Gasteiger partial charge >= 0.3 is 5.97 Å². The SMILES string of the molecule is CCOC(=O)C(N)c1cc2c(cc1C)OCCO2. The average Bonchev–Trinajstić information content (AvgIpc) is 2.37. The minimum Gasteiger partial charge on any atom is -0.486 e. The molecule has 0 amide bonds. The second-order valence-electron chi connectivity index (χ2n) is 4.08. The molecule has 18 heavy (non-hydrogen) atoms. The van der Waals surface area contributed by atoms with Gasteiger partial charge < -0.3 is 19.9 Å². The molecule has 1 aliphatic heterocycles. The summed E-state index contributed by atoms with van der Waals surface area (Å²) in [4.78, 5) is 11.6. The number of fused-ring (bicyclic) bond motifs is 1. The number of aryl methyl sites for hydroxylation is 1. The zero-order valence-corrected chi connectivity index (χ0v) is 10.6. The summed E-state index contributed by atoms with van der Waals surface area (Å²) < 4.78 is 15.9. The van der Waals surface area contributed by atoms with Crippen LogP contribution in [0.15, 0.2) is 12.1 Å². The van der Waals surface area contributed by atoms with E-state index in [1.165, 1.54) is 0 Å². The van der Waals surface area contributed by atoms with Crippen LogP contribution in [0.25, 0.3) is 0 Å². The van der Waals surface area contributed by atoms with E-state index in [1.807, 2.05) is 13.0 Å². The highest BCUT2D eigenvalue weighted by Gasteiger charge is 2.22. The Balaban J connectivity index is 2.30. The first-order chi connectivity index (χ1) is 8.63. The average molecular weight is 251 g/mol. The van der Waals surface area contributed by atoms with Gasteiger partial charge in [0, 0.05) is 0 Å². The Morgan fingerprint density at radius 3 is 2.61 bits per heavy atom. The van der Waals surface area contributed by atoms with Crippen molar-refractivity contribution in [2.75, 3.05) is 19.8 Å². The van der Waals surface area contributed by atoms with Gasteiger partial charge in [-0.1, -0.05) is 0 Å². The molecule has 1 aromatic carbocycles. The monoisotopic (exact) mass is 251 g/mol. The summed E-state index contributed by atoms with van der Waals surface area (Å²) in [5, 5.41) is 0. The number of ether oxygens (including phenoxy) is 3. The Morgan fingerprint density at radius 2 is 2.00 bits per heavy atom. The van der Waals surface area contributed by atoms with Gasteiger partial charge in [0.25, 0.3) is 0 Å².